The predicted octanol–water partition coefficient (Wildman–Crippen LogP) is 4.95. The summed E-state index contributed by atoms with van der Waals surface area (Å²) in [7, 11) is 1.80. The molecule has 0 rings (SSSR count). The third-order valence-electron chi connectivity index (χ3n) is 2.13. The van der Waals surface area contributed by atoms with Crippen LogP contribution in [0.1, 0.15) is 27.2 Å². The normalized spacial score (nSPS) is 15.1. The van der Waals surface area contributed by atoms with Crippen molar-refractivity contribution in [1.82, 2.24) is 5.32 Å². The van der Waals surface area contributed by atoms with Crippen molar-refractivity contribution < 1.29 is 0 Å². The van der Waals surface area contributed by atoms with Crippen molar-refractivity contribution in [3.05, 3.63) is 32.2 Å². The van der Waals surface area contributed by atoms with Gasteiger partial charge in [-0.15, -0.1) is 0 Å². The van der Waals surface area contributed by atoms with Gasteiger partial charge in [-0.1, -0.05) is 42.3 Å². The molecule has 96 valence electrons. The van der Waals surface area contributed by atoms with Crippen LogP contribution in [0.4, 0.5) is 0 Å². The monoisotopic (exact) mass is 386 g/mol. The molecule has 0 radical (unpaired) electrons. The first-order valence-corrected chi connectivity index (χ1v) is 7.01. The van der Waals surface area contributed by atoms with Gasteiger partial charge in [0, 0.05) is 10.6 Å². The number of hydrogen-bond donors (Lipinski definition) is 1. The molecule has 0 fully saturated rings. The largest absolute Gasteiger partial charge is 0.385 e. The van der Waals surface area contributed by atoms with E-state index in [0.29, 0.717) is 15.9 Å². The number of aliphatic imine (C=N–C) groups is 1. The van der Waals surface area contributed by atoms with Crippen molar-refractivity contribution in [3.8, 4) is 0 Å². The highest BCUT2D eigenvalue weighted by atomic mass is 127. The van der Waals surface area contributed by atoms with Gasteiger partial charge in [-0.2, -0.15) is 0 Å². The Labute approximate surface area is 127 Å². The molecule has 0 atom stereocenters. The Morgan fingerprint density at radius 1 is 1.35 bits per heavy atom. The molecule has 0 saturated heterocycles. The van der Waals surface area contributed by atoms with Crippen LogP contribution < -0.4 is 5.32 Å². The number of nitrogens with zero attached hydrogens (tertiary/aromatic N) is 1. The van der Waals surface area contributed by atoms with E-state index in [-0.39, 0.29) is 0 Å². The molecule has 0 unspecified atom stereocenters. The Hall–Kier alpha value is -0.000000000000000111. The molecule has 1 N–H and O–H groups in total. The number of halogens is 3. The lowest BCUT2D eigenvalue weighted by Gasteiger charge is -2.13. The van der Waals surface area contributed by atoms with Gasteiger partial charge in [-0.25, -0.2) is 4.99 Å². The SMILES string of the molecule is C=C(I)C(/N=C(\C)Cl)=C(NC)/C(Cl)=C(/C)CC. The van der Waals surface area contributed by atoms with Crippen LogP contribution in [-0.4, -0.2) is 12.2 Å². The van der Waals surface area contributed by atoms with Crippen LogP contribution in [0.5, 0.6) is 0 Å². The van der Waals surface area contributed by atoms with Gasteiger partial charge in [0.15, 0.2) is 0 Å². The molecule has 0 aromatic heterocycles. The molecule has 0 saturated carbocycles. The Kier molecular flexibility index (Phi) is 8.16. The summed E-state index contributed by atoms with van der Waals surface area (Å²) in [6, 6.07) is 0. The van der Waals surface area contributed by atoms with E-state index < -0.39 is 0 Å². The molecule has 17 heavy (non-hydrogen) atoms. The molecule has 0 bridgehead atoms. The van der Waals surface area contributed by atoms with Gasteiger partial charge >= 0.3 is 0 Å². The zero-order valence-electron chi connectivity index (χ0n) is 10.5. The van der Waals surface area contributed by atoms with Crippen LogP contribution >= 0.6 is 45.8 Å². The van der Waals surface area contributed by atoms with Crippen LogP contribution in [-0.2, 0) is 0 Å². The van der Waals surface area contributed by atoms with Gasteiger partial charge in [0.1, 0.15) is 10.9 Å². The smallest absolute Gasteiger partial charge is 0.104 e. The topological polar surface area (TPSA) is 24.4 Å². The quantitative estimate of drug-likeness (QED) is 0.403. The van der Waals surface area contributed by atoms with Gasteiger partial charge < -0.3 is 5.32 Å². The number of likely N-dealkylation sites (N-methyl/N-ethyl adjacent to an activating group) is 1. The fourth-order valence-electron chi connectivity index (χ4n) is 1.11. The summed E-state index contributed by atoms with van der Waals surface area (Å²) in [4.78, 5) is 4.26. The molecule has 0 spiro atoms. The van der Waals surface area contributed by atoms with Gasteiger partial charge in [0.05, 0.1) is 10.7 Å². The summed E-state index contributed by atoms with van der Waals surface area (Å²) < 4.78 is 0.786. The molecule has 0 heterocycles. The maximum Gasteiger partial charge on any atom is 0.104 e. The van der Waals surface area contributed by atoms with Gasteiger partial charge in [0.25, 0.3) is 0 Å². The van der Waals surface area contributed by atoms with Crippen molar-refractivity contribution >= 4 is 51.0 Å². The molecular formula is C12H17Cl2IN2. The average molecular weight is 387 g/mol. The van der Waals surface area contributed by atoms with Crippen molar-refractivity contribution in [2.75, 3.05) is 7.05 Å². The van der Waals surface area contributed by atoms with Crippen LogP contribution in [0.3, 0.4) is 0 Å². The Morgan fingerprint density at radius 3 is 2.18 bits per heavy atom. The number of nitrogens with one attached hydrogen (secondary N) is 1. The summed E-state index contributed by atoms with van der Waals surface area (Å²) in [6.45, 7) is 9.65. The van der Waals surface area contributed by atoms with E-state index in [4.69, 9.17) is 23.2 Å². The highest BCUT2D eigenvalue weighted by Crippen LogP contribution is 2.28. The van der Waals surface area contributed by atoms with Crippen molar-refractivity contribution in [1.29, 1.82) is 0 Å². The molecule has 5 heteroatoms. The summed E-state index contributed by atoms with van der Waals surface area (Å²) >= 11 is 14.2. The highest BCUT2D eigenvalue weighted by molar-refractivity contribution is 14.1. The Bertz CT molecular complexity index is 391. The lowest BCUT2D eigenvalue weighted by molar-refractivity contribution is 0.973. The minimum atomic E-state index is 0.448. The molecule has 0 amide bonds. The number of allylic oxidation sites excluding steroid dienone is 3. The molecule has 2 nitrogen and oxygen atoms in total. The highest BCUT2D eigenvalue weighted by Gasteiger charge is 2.12. The average Bonchev–Trinajstić information content (AvgIpc) is 2.26. The van der Waals surface area contributed by atoms with Crippen LogP contribution in [0, 0.1) is 0 Å². The molecule has 0 aromatic carbocycles. The third-order valence-corrected chi connectivity index (χ3v) is 3.24. The van der Waals surface area contributed by atoms with Gasteiger partial charge in [-0.3, -0.25) is 0 Å². The zero-order chi connectivity index (χ0) is 13.6. The van der Waals surface area contributed by atoms with Crippen molar-refractivity contribution in [3.63, 3.8) is 0 Å². The minimum Gasteiger partial charge on any atom is -0.385 e. The standard InChI is InChI=1S/C12H17Cl2IN2/c1-6-7(2)10(14)12(16-5)11(8(3)15)17-9(4)13/h16H,3,6H2,1-2,4-5H3/b10-7+,12-11+,17-9+. The molecule has 0 aliphatic heterocycles. The molecule has 0 aliphatic carbocycles. The molecule has 0 aliphatic rings. The van der Waals surface area contributed by atoms with Gasteiger partial charge in [-0.05, 0) is 42.9 Å². The second-order valence-corrected chi connectivity index (χ2v) is 5.66. The lowest BCUT2D eigenvalue weighted by Crippen LogP contribution is -2.10. The predicted molar refractivity (Wildman–Crippen MR) is 87.1 cm³/mol. The fourth-order valence-corrected chi connectivity index (χ4v) is 1.90. The summed E-state index contributed by atoms with van der Waals surface area (Å²) in [6.07, 6.45) is 0.884. The van der Waals surface area contributed by atoms with E-state index in [9.17, 15) is 0 Å². The molecular weight excluding hydrogens is 370 g/mol. The van der Waals surface area contributed by atoms with E-state index in [0.717, 1.165) is 21.3 Å². The summed E-state index contributed by atoms with van der Waals surface area (Å²) in [5.41, 5.74) is 2.53. The van der Waals surface area contributed by atoms with Gasteiger partial charge in [0.2, 0.25) is 0 Å². The van der Waals surface area contributed by atoms with E-state index in [1.165, 1.54) is 0 Å². The Morgan fingerprint density at radius 2 is 1.88 bits per heavy atom. The van der Waals surface area contributed by atoms with Crippen molar-refractivity contribution in [2.45, 2.75) is 27.2 Å². The van der Waals surface area contributed by atoms with Crippen LogP contribution in [0.2, 0.25) is 0 Å². The van der Waals surface area contributed by atoms with E-state index >= 15 is 0 Å². The maximum absolute atomic E-state index is 6.32. The zero-order valence-corrected chi connectivity index (χ0v) is 14.2. The van der Waals surface area contributed by atoms with E-state index in [1.54, 1.807) is 14.0 Å². The summed E-state index contributed by atoms with van der Waals surface area (Å²) in [5, 5.41) is 4.18. The summed E-state index contributed by atoms with van der Waals surface area (Å²) in [5.74, 6) is 0. The van der Waals surface area contributed by atoms with E-state index in [2.05, 4.69) is 46.4 Å². The minimum absolute atomic E-state index is 0.448. The van der Waals surface area contributed by atoms with Crippen LogP contribution in [0.15, 0.2) is 37.2 Å². The lowest BCUT2D eigenvalue weighted by atomic mass is 10.1. The first kappa shape index (κ1) is 17.0. The third kappa shape index (κ3) is 5.44. The maximum atomic E-state index is 6.32. The van der Waals surface area contributed by atoms with Crippen molar-refractivity contribution in [2.24, 2.45) is 4.99 Å². The second kappa shape index (κ2) is 8.16. The first-order chi connectivity index (χ1) is 7.84. The number of hydrogen-bond acceptors (Lipinski definition) is 2. The molecule has 0 aromatic rings. The fraction of sp³-hybridized carbons (Fsp3) is 0.417. The first-order valence-electron chi connectivity index (χ1n) is 5.18. The second-order valence-electron chi connectivity index (χ2n) is 3.44. The Balaban J connectivity index is 5.86. The van der Waals surface area contributed by atoms with E-state index in [1.807, 2.05) is 6.92 Å². The van der Waals surface area contributed by atoms with Crippen LogP contribution in [0.25, 0.3) is 0 Å². The number of rotatable bonds is 5.